The second-order valence-corrected chi connectivity index (χ2v) is 4.76. The molecule has 1 amide bonds. The Morgan fingerprint density at radius 2 is 2.12 bits per heavy atom. The van der Waals surface area contributed by atoms with Crippen molar-refractivity contribution in [2.45, 2.75) is 39.7 Å². The highest BCUT2D eigenvalue weighted by Gasteiger charge is 2.23. The van der Waals surface area contributed by atoms with Crippen LogP contribution in [0.1, 0.15) is 38.3 Å². The molecule has 0 atom stereocenters. The first kappa shape index (κ1) is 13.6. The standard InChI is InChI=1S/C14H21NO2/c1-5-9-17-13(16)15-14(3,4)12-8-6-7-11(2)10-12/h6-8,10H,5,9H2,1-4H3,(H,15,16). The average molecular weight is 235 g/mol. The van der Waals surface area contributed by atoms with Gasteiger partial charge in [-0.1, -0.05) is 36.8 Å². The summed E-state index contributed by atoms with van der Waals surface area (Å²) in [6, 6.07) is 8.10. The fourth-order valence-corrected chi connectivity index (χ4v) is 1.59. The van der Waals surface area contributed by atoms with Crippen LogP contribution in [0, 0.1) is 6.92 Å². The lowest BCUT2D eigenvalue weighted by Gasteiger charge is -2.26. The van der Waals surface area contributed by atoms with Crippen LogP contribution in [0.3, 0.4) is 0 Å². The van der Waals surface area contributed by atoms with Gasteiger partial charge in [0.2, 0.25) is 0 Å². The minimum absolute atomic E-state index is 0.363. The highest BCUT2D eigenvalue weighted by Crippen LogP contribution is 2.20. The minimum Gasteiger partial charge on any atom is -0.450 e. The second kappa shape index (κ2) is 5.71. The van der Waals surface area contributed by atoms with E-state index in [4.69, 9.17) is 4.74 Å². The summed E-state index contributed by atoms with van der Waals surface area (Å²) in [6.45, 7) is 8.40. The van der Waals surface area contributed by atoms with Crippen LogP contribution in [0.4, 0.5) is 4.79 Å². The van der Waals surface area contributed by atoms with Crippen molar-refractivity contribution < 1.29 is 9.53 Å². The van der Waals surface area contributed by atoms with E-state index in [1.54, 1.807) is 0 Å². The van der Waals surface area contributed by atoms with E-state index in [0.29, 0.717) is 6.61 Å². The zero-order valence-electron chi connectivity index (χ0n) is 11.0. The Bertz CT molecular complexity index is 386. The van der Waals surface area contributed by atoms with Crippen LogP contribution in [0.5, 0.6) is 0 Å². The van der Waals surface area contributed by atoms with Gasteiger partial charge in [-0.25, -0.2) is 4.79 Å². The van der Waals surface area contributed by atoms with Crippen molar-refractivity contribution in [1.29, 1.82) is 0 Å². The Kier molecular flexibility index (Phi) is 4.55. The summed E-state index contributed by atoms with van der Waals surface area (Å²) in [5, 5.41) is 2.87. The van der Waals surface area contributed by atoms with Crippen LogP contribution >= 0.6 is 0 Å². The van der Waals surface area contributed by atoms with Gasteiger partial charge < -0.3 is 10.1 Å². The summed E-state index contributed by atoms with van der Waals surface area (Å²) in [5.41, 5.74) is 1.84. The number of amides is 1. The predicted molar refractivity (Wildman–Crippen MR) is 69.0 cm³/mol. The van der Waals surface area contributed by atoms with Gasteiger partial charge in [0.15, 0.2) is 0 Å². The molecule has 0 aliphatic carbocycles. The van der Waals surface area contributed by atoms with Gasteiger partial charge in [0, 0.05) is 0 Å². The molecule has 3 nitrogen and oxygen atoms in total. The number of nitrogens with one attached hydrogen (secondary N) is 1. The summed E-state index contributed by atoms with van der Waals surface area (Å²) in [4.78, 5) is 11.5. The Labute approximate surface area is 103 Å². The molecule has 0 fully saturated rings. The van der Waals surface area contributed by atoms with Gasteiger partial charge in [-0.05, 0) is 32.8 Å². The molecule has 0 aliphatic rings. The van der Waals surface area contributed by atoms with Crippen molar-refractivity contribution in [3.63, 3.8) is 0 Å². The topological polar surface area (TPSA) is 38.3 Å². The third kappa shape index (κ3) is 4.10. The zero-order valence-corrected chi connectivity index (χ0v) is 11.0. The van der Waals surface area contributed by atoms with Crippen LogP contribution in [0.25, 0.3) is 0 Å². The smallest absolute Gasteiger partial charge is 0.407 e. The van der Waals surface area contributed by atoms with Crippen LogP contribution in [-0.2, 0) is 10.3 Å². The molecular weight excluding hydrogens is 214 g/mol. The fourth-order valence-electron chi connectivity index (χ4n) is 1.59. The number of aryl methyl sites for hydroxylation is 1. The lowest BCUT2D eigenvalue weighted by molar-refractivity contribution is 0.136. The first-order chi connectivity index (χ1) is 7.95. The molecule has 0 radical (unpaired) electrons. The van der Waals surface area contributed by atoms with E-state index in [9.17, 15) is 4.79 Å². The quantitative estimate of drug-likeness (QED) is 0.869. The molecule has 17 heavy (non-hydrogen) atoms. The van der Waals surface area contributed by atoms with Crippen LogP contribution in [0.2, 0.25) is 0 Å². The van der Waals surface area contributed by atoms with Crippen molar-refractivity contribution in [3.8, 4) is 0 Å². The van der Waals surface area contributed by atoms with E-state index < -0.39 is 5.54 Å². The molecule has 94 valence electrons. The van der Waals surface area contributed by atoms with Gasteiger partial charge in [-0.2, -0.15) is 0 Å². The van der Waals surface area contributed by atoms with Gasteiger partial charge >= 0.3 is 6.09 Å². The molecular formula is C14H21NO2. The van der Waals surface area contributed by atoms with E-state index in [1.165, 1.54) is 5.56 Å². The Balaban J connectivity index is 2.71. The van der Waals surface area contributed by atoms with Gasteiger partial charge in [0.1, 0.15) is 0 Å². The van der Waals surface area contributed by atoms with E-state index in [2.05, 4.69) is 11.4 Å². The van der Waals surface area contributed by atoms with Crippen molar-refractivity contribution >= 4 is 6.09 Å². The van der Waals surface area contributed by atoms with Crippen LogP contribution < -0.4 is 5.32 Å². The fraction of sp³-hybridized carbons (Fsp3) is 0.500. The van der Waals surface area contributed by atoms with Gasteiger partial charge in [0.05, 0.1) is 12.1 Å². The van der Waals surface area contributed by atoms with Gasteiger partial charge in [0.25, 0.3) is 0 Å². The van der Waals surface area contributed by atoms with E-state index in [1.807, 2.05) is 45.9 Å². The third-order valence-electron chi connectivity index (χ3n) is 2.59. The largest absolute Gasteiger partial charge is 0.450 e. The monoisotopic (exact) mass is 235 g/mol. The highest BCUT2D eigenvalue weighted by molar-refractivity contribution is 5.68. The SMILES string of the molecule is CCCOC(=O)NC(C)(C)c1cccc(C)c1. The molecule has 0 heterocycles. The summed E-state index contributed by atoms with van der Waals surface area (Å²) in [7, 11) is 0. The van der Waals surface area contributed by atoms with Crippen LogP contribution in [0.15, 0.2) is 24.3 Å². The van der Waals surface area contributed by atoms with Gasteiger partial charge in [-0.3, -0.25) is 0 Å². The number of ether oxygens (including phenoxy) is 1. The Morgan fingerprint density at radius 1 is 1.41 bits per heavy atom. The Morgan fingerprint density at radius 3 is 2.71 bits per heavy atom. The van der Waals surface area contributed by atoms with E-state index in [-0.39, 0.29) is 6.09 Å². The molecule has 0 bridgehead atoms. The molecule has 3 heteroatoms. The molecule has 1 N–H and O–H groups in total. The second-order valence-electron chi connectivity index (χ2n) is 4.76. The van der Waals surface area contributed by atoms with E-state index in [0.717, 1.165) is 12.0 Å². The summed E-state index contributed by atoms with van der Waals surface area (Å²) < 4.78 is 5.03. The lowest BCUT2D eigenvalue weighted by Crippen LogP contribution is -2.41. The molecule has 1 aromatic rings. The molecule has 1 rings (SSSR count). The summed E-state index contributed by atoms with van der Waals surface area (Å²) in [6.07, 6.45) is 0.469. The molecule has 0 spiro atoms. The molecule has 0 aliphatic heterocycles. The minimum atomic E-state index is -0.420. The zero-order chi connectivity index (χ0) is 12.9. The van der Waals surface area contributed by atoms with Crippen molar-refractivity contribution in [1.82, 2.24) is 5.32 Å². The molecule has 0 saturated carbocycles. The predicted octanol–water partition coefficient (Wildman–Crippen LogP) is 3.37. The first-order valence-electron chi connectivity index (χ1n) is 5.98. The van der Waals surface area contributed by atoms with Gasteiger partial charge in [-0.15, -0.1) is 0 Å². The number of alkyl carbamates (subject to hydrolysis) is 1. The number of benzene rings is 1. The maximum Gasteiger partial charge on any atom is 0.407 e. The first-order valence-corrected chi connectivity index (χ1v) is 5.98. The Hall–Kier alpha value is -1.51. The average Bonchev–Trinajstić information content (AvgIpc) is 2.26. The number of carbonyl (C=O) groups excluding carboxylic acids is 1. The molecule has 0 saturated heterocycles. The summed E-state index contributed by atoms with van der Waals surface area (Å²) >= 11 is 0. The summed E-state index contributed by atoms with van der Waals surface area (Å²) in [5.74, 6) is 0. The third-order valence-corrected chi connectivity index (χ3v) is 2.59. The lowest BCUT2D eigenvalue weighted by atomic mass is 9.93. The highest BCUT2D eigenvalue weighted by atomic mass is 16.5. The van der Waals surface area contributed by atoms with E-state index >= 15 is 0 Å². The van der Waals surface area contributed by atoms with Crippen molar-refractivity contribution in [2.24, 2.45) is 0 Å². The number of rotatable bonds is 4. The molecule has 0 aromatic heterocycles. The maximum absolute atomic E-state index is 11.5. The molecule has 0 unspecified atom stereocenters. The number of carbonyl (C=O) groups is 1. The number of hydrogen-bond donors (Lipinski definition) is 1. The van der Waals surface area contributed by atoms with Crippen molar-refractivity contribution in [2.75, 3.05) is 6.61 Å². The van der Waals surface area contributed by atoms with Crippen molar-refractivity contribution in [3.05, 3.63) is 35.4 Å². The molecule has 1 aromatic carbocycles. The van der Waals surface area contributed by atoms with Crippen LogP contribution in [-0.4, -0.2) is 12.7 Å². The number of hydrogen-bond acceptors (Lipinski definition) is 2. The maximum atomic E-state index is 11.5. The normalized spacial score (nSPS) is 11.1.